The van der Waals surface area contributed by atoms with Crippen molar-refractivity contribution in [2.24, 2.45) is 0 Å². The van der Waals surface area contributed by atoms with E-state index in [0.29, 0.717) is 11.7 Å². The first-order valence-electron chi connectivity index (χ1n) is 7.53. The van der Waals surface area contributed by atoms with Gasteiger partial charge in [-0.3, -0.25) is 14.6 Å². The fourth-order valence-corrected chi connectivity index (χ4v) is 3.11. The van der Waals surface area contributed by atoms with E-state index < -0.39 is 0 Å². The number of carbonyl (C=O) groups excluding carboxylic acids is 1. The van der Waals surface area contributed by atoms with Crippen molar-refractivity contribution in [3.8, 4) is 0 Å². The summed E-state index contributed by atoms with van der Waals surface area (Å²) in [6.07, 6.45) is 0.845. The Morgan fingerprint density at radius 2 is 2.00 bits per heavy atom. The summed E-state index contributed by atoms with van der Waals surface area (Å²) in [4.78, 5) is 20.7. The molecule has 0 unspecified atom stereocenters. The second-order valence-corrected chi connectivity index (χ2v) is 5.93. The lowest BCUT2D eigenvalue weighted by Crippen LogP contribution is -2.52. The average molecular weight is 294 g/mol. The third-order valence-electron chi connectivity index (χ3n) is 4.38. The molecule has 0 amide bonds. The fourth-order valence-electron chi connectivity index (χ4n) is 3.11. The quantitative estimate of drug-likeness (QED) is 0.762. The molecule has 1 aromatic heterocycles. The molecule has 0 aromatic carbocycles. The van der Waals surface area contributed by atoms with E-state index in [1.165, 1.54) is 0 Å². The highest BCUT2D eigenvalue weighted by atomic mass is 16.6. The number of piperazine rings is 1. The minimum Gasteiger partial charge on any atom is -0.461 e. The van der Waals surface area contributed by atoms with Gasteiger partial charge < -0.3 is 9.26 Å². The van der Waals surface area contributed by atoms with Crippen LogP contribution in [0.3, 0.4) is 0 Å². The molecular weight excluding hydrogens is 272 g/mol. The zero-order valence-corrected chi connectivity index (χ0v) is 12.8. The zero-order chi connectivity index (χ0) is 15.0. The lowest BCUT2D eigenvalue weighted by Gasteiger charge is -2.38. The van der Waals surface area contributed by atoms with Crippen molar-refractivity contribution in [2.45, 2.75) is 45.4 Å². The lowest BCUT2D eigenvalue weighted by atomic mass is 10.1. The second-order valence-electron chi connectivity index (χ2n) is 5.93. The molecule has 3 heterocycles. The topological polar surface area (TPSA) is 71.7 Å². The number of nitrogens with zero attached hydrogens (tertiary/aromatic N) is 4. The van der Waals surface area contributed by atoms with Crippen LogP contribution in [0.5, 0.6) is 0 Å². The Morgan fingerprint density at radius 1 is 1.29 bits per heavy atom. The van der Waals surface area contributed by atoms with Crippen molar-refractivity contribution in [1.29, 1.82) is 0 Å². The summed E-state index contributed by atoms with van der Waals surface area (Å²) in [7, 11) is 0. The third-order valence-corrected chi connectivity index (χ3v) is 4.38. The predicted octanol–water partition coefficient (Wildman–Crippen LogP) is 0.761. The summed E-state index contributed by atoms with van der Waals surface area (Å²) in [5, 5.41) is 3.84. The van der Waals surface area contributed by atoms with Gasteiger partial charge in [-0.15, -0.1) is 0 Å². The Bertz CT molecular complexity index is 510. The van der Waals surface area contributed by atoms with E-state index in [1.54, 1.807) is 0 Å². The van der Waals surface area contributed by atoms with E-state index in [9.17, 15) is 4.79 Å². The molecule has 116 valence electrons. The molecule has 3 rings (SSSR count). The average Bonchev–Trinajstić information content (AvgIpc) is 3.04. The molecule has 2 aliphatic heterocycles. The zero-order valence-electron chi connectivity index (χ0n) is 12.8. The number of ether oxygens (including phenoxy) is 1. The molecule has 0 spiro atoms. The first-order chi connectivity index (χ1) is 10.0. The summed E-state index contributed by atoms with van der Waals surface area (Å²) < 4.78 is 10.5. The number of cyclic esters (lactones) is 1. The van der Waals surface area contributed by atoms with Crippen LogP contribution >= 0.6 is 0 Å². The van der Waals surface area contributed by atoms with Crippen LogP contribution in [-0.4, -0.2) is 64.2 Å². The Balaban J connectivity index is 1.56. The van der Waals surface area contributed by atoms with Crippen molar-refractivity contribution < 1.29 is 14.1 Å². The highest BCUT2D eigenvalue weighted by Gasteiger charge is 2.38. The molecule has 0 bridgehead atoms. The summed E-state index contributed by atoms with van der Waals surface area (Å²) in [5.74, 6) is 1.25. The largest absolute Gasteiger partial charge is 0.461 e. The van der Waals surface area contributed by atoms with Gasteiger partial charge in [0.25, 0.3) is 0 Å². The molecule has 2 fully saturated rings. The first-order valence-corrected chi connectivity index (χ1v) is 7.53. The smallest absolute Gasteiger partial charge is 0.323 e. The van der Waals surface area contributed by atoms with Crippen LogP contribution in [0.4, 0.5) is 0 Å². The van der Waals surface area contributed by atoms with E-state index >= 15 is 0 Å². The molecule has 0 radical (unpaired) electrons. The van der Waals surface area contributed by atoms with Crippen molar-refractivity contribution in [3.63, 3.8) is 0 Å². The maximum Gasteiger partial charge on any atom is 0.323 e. The molecule has 2 aliphatic rings. The molecule has 7 heteroatoms. The SMILES string of the molecule is Cc1noc([C@H](C)N2CCN([C@@H]3C[C@H](C)OC3=O)CC2)n1. The Labute approximate surface area is 124 Å². The number of esters is 1. The minimum absolute atomic E-state index is 0.0424. The van der Waals surface area contributed by atoms with Crippen LogP contribution in [0.15, 0.2) is 4.52 Å². The normalized spacial score (nSPS) is 29.6. The summed E-state index contributed by atoms with van der Waals surface area (Å²) in [6, 6.07) is 0.0471. The maximum atomic E-state index is 11.8. The molecule has 0 aliphatic carbocycles. The lowest BCUT2D eigenvalue weighted by molar-refractivity contribution is -0.145. The number of hydrogen-bond donors (Lipinski definition) is 0. The van der Waals surface area contributed by atoms with Gasteiger partial charge >= 0.3 is 5.97 Å². The van der Waals surface area contributed by atoms with Gasteiger partial charge in [-0.2, -0.15) is 4.98 Å². The number of rotatable bonds is 3. The number of aryl methyl sites for hydroxylation is 1. The predicted molar refractivity (Wildman–Crippen MR) is 74.6 cm³/mol. The van der Waals surface area contributed by atoms with Crippen LogP contribution in [-0.2, 0) is 9.53 Å². The van der Waals surface area contributed by atoms with Gasteiger partial charge in [-0.25, -0.2) is 0 Å². The highest BCUT2D eigenvalue weighted by Crippen LogP contribution is 2.24. The van der Waals surface area contributed by atoms with E-state index in [1.807, 2.05) is 13.8 Å². The van der Waals surface area contributed by atoms with Gasteiger partial charge in [-0.1, -0.05) is 5.16 Å². The summed E-state index contributed by atoms with van der Waals surface area (Å²) >= 11 is 0. The fraction of sp³-hybridized carbons (Fsp3) is 0.786. The Hall–Kier alpha value is -1.47. The van der Waals surface area contributed by atoms with Gasteiger partial charge in [0.15, 0.2) is 5.82 Å². The second kappa shape index (κ2) is 5.73. The first kappa shape index (κ1) is 14.5. The molecule has 0 N–H and O–H groups in total. The van der Waals surface area contributed by atoms with Crippen molar-refractivity contribution in [2.75, 3.05) is 26.2 Å². The number of carbonyl (C=O) groups is 1. The molecule has 2 saturated heterocycles. The minimum atomic E-state index is -0.0727. The number of hydrogen-bond acceptors (Lipinski definition) is 7. The van der Waals surface area contributed by atoms with E-state index in [-0.39, 0.29) is 24.2 Å². The Kier molecular flexibility index (Phi) is 3.95. The van der Waals surface area contributed by atoms with E-state index in [2.05, 4.69) is 26.9 Å². The van der Waals surface area contributed by atoms with Crippen LogP contribution in [0, 0.1) is 6.92 Å². The van der Waals surface area contributed by atoms with Gasteiger partial charge in [0, 0.05) is 32.6 Å². The van der Waals surface area contributed by atoms with Crippen molar-refractivity contribution in [3.05, 3.63) is 11.7 Å². The van der Waals surface area contributed by atoms with Crippen LogP contribution < -0.4 is 0 Å². The van der Waals surface area contributed by atoms with Crippen LogP contribution in [0.2, 0.25) is 0 Å². The summed E-state index contributed by atoms with van der Waals surface area (Å²) in [6.45, 7) is 9.36. The monoisotopic (exact) mass is 294 g/mol. The standard InChI is InChI=1S/C14H22N4O3/c1-9-8-12(14(19)20-9)18-6-4-17(5-7-18)10(2)13-15-11(3)16-21-13/h9-10,12H,4-8H2,1-3H3/t9-,10-,12+/m0/s1. The molecular formula is C14H22N4O3. The van der Waals surface area contributed by atoms with E-state index in [4.69, 9.17) is 9.26 Å². The van der Waals surface area contributed by atoms with Crippen LogP contribution in [0.25, 0.3) is 0 Å². The molecule has 21 heavy (non-hydrogen) atoms. The van der Waals surface area contributed by atoms with Gasteiger partial charge in [0.1, 0.15) is 12.1 Å². The van der Waals surface area contributed by atoms with Gasteiger partial charge in [0.05, 0.1) is 6.04 Å². The van der Waals surface area contributed by atoms with Crippen molar-refractivity contribution >= 4 is 5.97 Å². The van der Waals surface area contributed by atoms with E-state index in [0.717, 1.165) is 32.6 Å². The molecule has 7 nitrogen and oxygen atoms in total. The van der Waals surface area contributed by atoms with Gasteiger partial charge in [-0.05, 0) is 20.8 Å². The highest BCUT2D eigenvalue weighted by molar-refractivity contribution is 5.78. The molecule has 3 atom stereocenters. The van der Waals surface area contributed by atoms with Crippen LogP contribution in [0.1, 0.15) is 38.0 Å². The summed E-state index contributed by atoms with van der Waals surface area (Å²) in [5.41, 5.74) is 0. The van der Waals surface area contributed by atoms with Crippen molar-refractivity contribution in [1.82, 2.24) is 19.9 Å². The molecule has 1 aromatic rings. The maximum absolute atomic E-state index is 11.8. The number of aromatic nitrogens is 2. The third kappa shape index (κ3) is 2.94. The molecule has 0 saturated carbocycles. The Morgan fingerprint density at radius 3 is 2.52 bits per heavy atom. The van der Waals surface area contributed by atoms with Gasteiger partial charge in [0.2, 0.25) is 5.89 Å².